The van der Waals surface area contributed by atoms with Gasteiger partial charge in [-0.05, 0) is 47.0 Å². The highest BCUT2D eigenvalue weighted by Crippen LogP contribution is 2.28. The number of hydrogen-bond donors (Lipinski definition) is 1. The Morgan fingerprint density at radius 1 is 1.61 bits per heavy atom. The van der Waals surface area contributed by atoms with Gasteiger partial charge in [0.2, 0.25) is 5.91 Å². The number of methoxy groups -OCH3 is 1. The predicted molar refractivity (Wildman–Crippen MR) is 72.9 cm³/mol. The van der Waals surface area contributed by atoms with Crippen LogP contribution in [0.25, 0.3) is 0 Å². The van der Waals surface area contributed by atoms with Crippen molar-refractivity contribution < 1.29 is 14.3 Å². The van der Waals surface area contributed by atoms with Crippen LogP contribution in [0.5, 0.6) is 5.75 Å². The van der Waals surface area contributed by atoms with E-state index in [1.807, 2.05) is 18.2 Å². The first-order chi connectivity index (χ1) is 8.69. The topological polar surface area (TPSA) is 47.6 Å². The Balaban J connectivity index is 1.92. The summed E-state index contributed by atoms with van der Waals surface area (Å²) in [6, 6.07) is 5.45. The summed E-state index contributed by atoms with van der Waals surface area (Å²) in [6.07, 6.45) is 2.52. The Labute approximate surface area is 115 Å². The maximum Gasteiger partial charge on any atom is 0.226 e. The summed E-state index contributed by atoms with van der Waals surface area (Å²) < 4.78 is 11.4. The van der Waals surface area contributed by atoms with E-state index in [9.17, 15) is 4.79 Å². The van der Waals surface area contributed by atoms with E-state index >= 15 is 0 Å². The van der Waals surface area contributed by atoms with Crippen LogP contribution in [-0.2, 0) is 9.53 Å². The van der Waals surface area contributed by atoms with Crippen molar-refractivity contribution in [3.63, 3.8) is 0 Å². The lowest BCUT2D eigenvalue weighted by Gasteiger charge is -2.11. The second-order valence-corrected chi connectivity index (χ2v) is 5.09. The fourth-order valence-corrected chi connectivity index (χ4v) is 2.51. The Kier molecular flexibility index (Phi) is 4.60. The van der Waals surface area contributed by atoms with Gasteiger partial charge in [0.05, 0.1) is 24.1 Å². The predicted octanol–water partition coefficient (Wildman–Crippen LogP) is 2.97. The molecule has 1 heterocycles. The van der Waals surface area contributed by atoms with Gasteiger partial charge in [-0.15, -0.1) is 0 Å². The third-order valence-electron chi connectivity index (χ3n) is 2.87. The number of anilines is 1. The van der Waals surface area contributed by atoms with Crippen molar-refractivity contribution in [2.24, 2.45) is 0 Å². The molecule has 0 spiro atoms. The fraction of sp³-hybridized carbons (Fsp3) is 0.462. The van der Waals surface area contributed by atoms with E-state index in [-0.39, 0.29) is 12.0 Å². The average Bonchev–Trinajstić information content (AvgIpc) is 2.82. The molecule has 1 N–H and O–H groups in total. The molecule has 1 aliphatic heterocycles. The van der Waals surface area contributed by atoms with Crippen molar-refractivity contribution in [2.75, 3.05) is 19.0 Å². The van der Waals surface area contributed by atoms with Crippen LogP contribution in [0.4, 0.5) is 5.69 Å². The van der Waals surface area contributed by atoms with Gasteiger partial charge < -0.3 is 14.8 Å². The number of hydrogen-bond acceptors (Lipinski definition) is 3. The van der Waals surface area contributed by atoms with Gasteiger partial charge in [0, 0.05) is 12.3 Å². The van der Waals surface area contributed by atoms with Crippen LogP contribution in [0.15, 0.2) is 22.7 Å². The van der Waals surface area contributed by atoms with Crippen LogP contribution in [0, 0.1) is 0 Å². The minimum atomic E-state index is -0.0148. The van der Waals surface area contributed by atoms with Gasteiger partial charge in [-0.25, -0.2) is 0 Å². The standard InChI is InChI=1S/C13H16BrNO3/c1-17-12-5-4-9(7-11(12)14)15-13(16)8-10-3-2-6-18-10/h4-5,7,10H,2-3,6,8H2,1H3,(H,15,16)/t10-/m0/s1. The number of ether oxygens (including phenoxy) is 2. The first-order valence-corrected chi connectivity index (χ1v) is 6.73. The maximum absolute atomic E-state index is 11.8. The van der Waals surface area contributed by atoms with Crippen molar-refractivity contribution in [1.82, 2.24) is 0 Å². The zero-order valence-corrected chi connectivity index (χ0v) is 11.8. The minimum absolute atomic E-state index is 0.0148. The normalized spacial score (nSPS) is 18.7. The first kappa shape index (κ1) is 13.4. The number of carbonyl (C=O) groups is 1. The molecule has 0 aliphatic carbocycles. The third kappa shape index (κ3) is 3.46. The Bertz CT molecular complexity index is 430. The lowest BCUT2D eigenvalue weighted by molar-refractivity contribution is -0.118. The molecule has 18 heavy (non-hydrogen) atoms. The van der Waals surface area contributed by atoms with E-state index in [1.165, 1.54) is 0 Å². The van der Waals surface area contributed by atoms with Crippen molar-refractivity contribution in [3.05, 3.63) is 22.7 Å². The molecule has 1 aromatic carbocycles. The number of carbonyl (C=O) groups excluding carboxylic acids is 1. The summed E-state index contributed by atoms with van der Waals surface area (Å²) in [6.45, 7) is 0.770. The van der Waals surface area contributed by atoms with Gasteiger partial charge in [-0.1, -0.05) is 0 Å². The number of halogens is 1. The highest BCUT2D eigenvalue weighted by atomic mass is 79.9. The quantitative estimate of drug-likeness (QED) is 0.929. The maximum atomic E-state index is 11.8. The third-order valence-corrected chi connectivity index (χ3v) is 3.49. The molecule has 1 amide bonds. The van der Waals surface area contributed by atoms with Gasteiger partial charge in [0.1, 0.15) is 5.75 Å². The summed E-state index contributed by atoms with van der Waals surface area (Å²) in [5.41, 5.74) is 0.755. The molecule has 0 aromatic heterocycles. The van der Waals surface area contributed by atoms with Gasteiger partial charge in [0.15, 0.2) is 0 Å². The second-order valence-electron chi connectivity index (χ2n) is 4.24. The van der Waals surface area contributed by atoms with E-state index in [0.717, 1.165) is 35.4 Å². The summed E-state index contributed by atoms with van der Waals surface area (Å²) in [7, 11) is 1.61. The molecule has 0 saturated carbocycles. The van der Waals surface area contributed by atoms with Crippen LogP contribution in [0.1, 0.15) is 19.3 Å². The van der Waals surface area contributed by atoms with E-state index in [4.69, 9.17) is 9.47 Å². The molecule has 1 atom stereocenters. The zero-order valence-electron chi connectivity index (χ0n) is 10.2. The van der Waals surface area contributed by atoms with Crippen molar-refractivity contribution in [3.8, 4) is 5.75 Å². The molecular formula is C13H16BrNO3. The van der Waals surface area contributed by atoms with Gasteiger partial charge in [0.25, 0.3) is 0 Å². The van der Waals surface area contributed by atoms with Crippen molar-refractivity contribution in [2.45, 2.75) is 25.4 Å². The molecule has 98 valence electrons. The van der Waals surface area contributed by atoms with Crippen molar-refractivity contribution >= 4 is 27.5 Å². The van der Waals surface area contributed by atoms with Crippen LogP contribution >= 0.6 is 15.9 Å². The molecule has 5 heteroatoms. The molecule has 4 nitrogen and oxygen atoms in total. The molecule has 0 bridgehead atoms. The number of benzene rings is 1. The summed E-state index contributed by atoms with van der Waals surface area (Å²) in [4.78, 5) is 11.8. The monoisotopic (exact) mass is 313 g/mol. The van der Waals surface area contributed by atoms with Crippen molar-refractivity contribution in [1.29, 1.82) is 0 Å². The lowest BCUT2D eigenvalue weighted by Crippen LogP contribution is -2.19. The Morgan fingerprint density at radius 3 is 3.06 bits per heavy atom. The van der Waals surface area contributed by atoms with E-state index < -0.39 is 0 Å². The van der Waals surface area contributed by atoms with Gasteiger partial charge in [-0.3, -0.25) is 4.79 Å². The minimum Gasteiger partial charge on any atom is -0.496 e. The lowest BCUT2D eigenvalue weighted by atomic mass is 10.2. The molecule has 1 aliphatic rings. The number of amides is 1. The van der Waals surface area contributed by atoms with E-state index in [2.05, 4.69) is 21.2 Å². The Morgan fingerprint density at radius 2 is 2.44 bits per heavy atom. The van der Waals surface area contributed by atoms with Crippen LogP contribution in [0.2, 0.25) is 0 Å². The Hall–Kier alpha value is -1.07. The number of nitrogens with one attached hydrogen (secondary N) is 1. The van der Waals surface area contributed by atoms with Gasteiger partial charge >= 0.3 is 0 Å². The molecule has 1 saturated heterocycles. The summed E-state index contributed by atoms with van der Waals surface area (Å²) >= 11 is 3.38. The van der Waals surface area contributed by atoms with Gasteiger partial charge in [-0.2, -0.15) is 0 Å². The second kappa shape index (κ2) is 6.20. The highest BCUT2D eigenvalue weighted by Gasteiger charge is 2.19. The smallest absolute Gasteiger partial charge is 0.226 e. The van der Waals surface area contributed by atoms with Crippen LogP contribution in [0.3, 0.4) is 0 Å². The number of rotatable bonds is 4. The summed E-state index contributed by atoms with van der Waals surface area (Å²) in [5, 5.41) is 2.86. The molecule has 2 rings (SSSR count). The SMILES string of the molecule is COc1ccc(NC(=O)C[C@@H]2CCCO2)cc1Br. The van der Waals surface area contributed by atoms with Crippen LogP contribution < -0.4 is 10.1 Å². The molecule has 1 aromatic rings. The molecule has 0 radical (unpaired) electrons. The zero-order chi connectivity index (χ0) is 13.0. The molecule has 1 fully saturated rings. The summed E-state index contributed by atoms with van der Waals surface area (Å²) in [5.74, 6) is 0.728. The van der Waals surface area contributed by atoms with Crippen LogP contribution in [-0.4, -0.2) is 25.7 Å². The first-order valence-electron chi connectivity index (χ1n) is 5.94. The fourth-order valence-electron chi connectivity index (χ4n) is 1.97. The van der Waals surface area contributed by atoms with E-state index in [0.29, 0.717) is 6.42 Å². The largest absolute Gasteiger partial charge is 0.496 e. The average molecular weight is 314 g/mol. The highest BCUT2D eigenvalue weighted by molar-refractivity contribution is 9.10. The molecular weight excluding hydrogens is 298 g/mol. The van der Waals surface area contributed by atoms with E-state index in [1.54, 1.807) is 7.11 Å². The molecule has 0 unspecified atom stereocenters.